The number of sulfonamides is 1. The predicted molar refractivity (Wildman–Crippen MR) is 59.0 cm³/mol. The Morgan fingerprint density at radius 1 is 1.47 bits per heavy atom. The number of ether oxygens (including phenoxy) is 1. The summed E-state index contributed by atoms with van der Waals surface area (Å²) in [5, 5.41) is 8.12. The van der Waals surface area contributed by atoms with Gasteiger partial charge in [0.15, 0.2) is 0 Å². The fraction of sp³-hybridized carbons (Fsp3) is 1.00. The Hall–Kier alpha value is -0.170. The highest BCUT2D eigenvalue weighted by atomic mass is 32.2. The van der Waals surface area contributed by atoms with E-state index in [-0.39, 0.29) is 5.75 Å². The first-order valence-corrected chi connectivity index (χ1v) is 6.99. The third kappa shape index (κ3) is 5.46. The molecule has 0 aromatic heterocycles. The van der Waals surface area contributed by atoms with E-state index in [0.29, 0.717) is 18.7 Å². The summed E-state index contributed by atoms with van der Waals surface area (Å²) in [5.74, 6) is 0.00114. The van der Waals surface area contributed by atoms with E-state index in [1.54, 1.807) is 7.11 Å². The topological polar surface area (TPSA) is 81.4 Å². The number of methoxy groups -OCH3 is 1. The molecule has 15 heavy (non-hydrogen) atoms. The van der Waals surface area contributed by atoms with Crippen LogP contribution in [0.15, 0.2) is 0 Å². The smallest absolute Gasteiger partial charge is 0.210 e. The van der Waals surface area contributed by atoms with Gasteiger partial charge in [-0.2, -0.15) is 0 Å². The minimum absolute atomic E-state index is 0.00114. The largest absolute Gasteiger partial charge is 0.381 e. The van der Waals surface area contributed by atoms with Gasteiger partial charge in [-0.05, 0) is 25.7 Å². The van der Waals surface area contributed by atoms with Crippen LogP contribution in [-0.4, -0.2) is 40.0 Å². The second-order valence-electron chi connectivity index (χ2n) is 4.04. The average Bonchev–Trinajstić information content (AvgIpc) is 2.16. The molecule has 5 nitrogen and oxygen atoms in total. The predicted octanol–water partition coefficient (Wildman–Crippen LogP) is -0.178. The van der Waals surface area contributed by atoms with Crippen molar-refractivity contribution in [2.45, 2.75) is 37.8 Å². The summed E-state index contributed by atoms with van der Waals surface area (Å²) in [4.78, 5) is 0. The van der Waals surface area contributed by atoms with Crippen molar-refractivity contribution < 1.29 is 13.2 Å². The van der Waals surface area contributed by atoms with E-state index in [1.165, 1.54) is 0 Å². The molecule has 0 radical (unpaired) electrons. The number of rotatable bonds is 5. The molecule has 0 amide bonds. The maximum absolute atomic E-state index is 10.7. The van der Waals surface area contributed by atoms with Gasteiger partial charge in [0.2, 0.25) is 10.0 Å². The van der Waals surface area contributed by atoms with E-state index in [1.807, 2.05) is 0 Å². The fourth-order valence-electron chi connectivity index (χ4n) is 1.95. The van der Waals surface area contributed by atoms with E-state index >= 15 is 0 Å². The molecular formula is C9H20N2O3S. The summed E-state index contributed by atoms with van der Waals surface area (Å²) < 4.78 is 26.7. The zero-order chi connectivity index (χ0) is 11.3. The lowest BCUT2D eigenvalue weighted by Gasteiger charge is -2.28. The van der Waals surface area contributed by atoms with Gasteiger partial charge >= 0.3 is 0 Å². The van der Waals surface area contributed by atoms with Crippen LogP contribution in [0.4, 0.5) is 0 Å². The third-order valence-electron chi connectivity index (χ3n) is 2.78. The summed E-state index contributed by atoms with van der Waals surface area (Å²) >= 11 is 0. The van der Waals surface area contributed by atoms with Crippen LogP contribution in [0.25, 0.3) is 0 Å². The number of hydrogen-bond donors (Lipinski definition) is 2. The Balaban J connectivity index is 2.21. The minimum Gasteiger partial charge on any atom is -0.381 e. The van der Waals surface area contributed by atoms with Crippen molar-refractivity contribution in [1.29, 1.82) is 0 Å². The van der Waals surface area contributed by atoms with Gasteiger partial charge in [-0.3, -0.25) is 0 Å². The molecule has 0 aromatic carbocycles. The van der Waals surface area contributed by atoms with Gasteiger partial charge in [-0.15, -0.1) is 0 Å². The Kier molecular flexibility index (Phi) is 4.98. The quantitative estimate of drug-likeness (QED) is 0.694. The summed E-state index contributed by atoms with van der Waals surface area (Å²) in [6.45, 7) is 0.430. The van der Waals surface area contributed by atoms with Crippen molar-refractivity contribution >= 4 is 10.0 Å². The second kappa shape index (κ2) is 5.79. The molecule has 0 aliphatic heterocycles. The van der Waals surface area contributed by atoms with Crippen LogP contribution >= 0.6 is 0 Å². The van der Waals surface area contributed by atoms with Gasteiger partial charge in [0.05, 0.1) is 11.9 Å². The average molecular weight is 236 g/mol. The zero-order valence-corrected chi connectivity index (χ0v) is 9.92. The van der Waals surface area contributed by atoms with Gasteiger partial charge in [-0.25, -0.2) is 13.6 Å². The molecule has 1 rings (SSSR count). The molecule has 2 atom stereocenters. The van der Waals surface area contributed by atoms with Crippen LogP contribution in [-0.2, 0) is 14.8 Å². The number of hydrogen-bond acceptors (Lipinski definition) is 4. The molecule has 3 N–H and O–H groups in total. The van der Waals surface area contributed by atoms with Crippen molar-refractivity contribution in [2.75, 3.05) is 19.4 Å². The van der Waals surface area contributed by atoms with Gasteiger partial charge in [0.1, 0.15) is 0 Å². The van der Waals surface area contributed by atoms with Crippen molar-refractivity contribution in [3.8, 4) is 0 Å². The van der Waals surface area contributed by atoms with Gasteiger partial charge in [0, 0.05) is 19.7 Å². The van der Waals surface area contributed by atoms with Crippen molar-refractivity contribution in [2.24, 2.45) is 5.14 Å². The van der Waals surface area contributed by atoms with Crippen LogP contribution < -0.4 is 10.5 Å². The lowest BCUT2D eigenvalue weighted by atomic mass is 9.93. The highest BCUT2D eigenvalue weighted by Gasteiger charge is 2.21. The van der Waals surface area contributed by atoms with Crippen LogP contribution in [0.2, 0.25) is 0 Å². The third-order valence-corrected chi connectivity index (χ3v) is 3.55. The maximum Gasteiger partial charge on any atom is 0.210 e. The highest BCUT2D eigenvalue weighted by Crippen LogP contribution is 2.20. The molecule has 90 valence electrons. The van der Waals surface area contributed by atoms with Crippen LogP contribution in [0.1, 0.15) is 25.7 Å². The molecule has 0 spiro atoms. The molecule has 1 fully saturated rings. The van der Waals surface area contributed by atoms with Gasteiger partial charge < -0.3 is 10.1 Å². The molecule has 1 aliphatic rings. The molecule has 6 heteroatoms. The Labute approximate surface area is 91.4 Å². The zero-order valence-electron chi connectivity index (χ0n) is 9.11. The SMILES string of the molecule is COC1CCCC(NCCS(N)(=O)=O)C1. The molecule has 1 aliphatic carbocycles. The lowest BCUT2D eigenvalue weighted by Crippen LogP contribution is -2.39. The summed E-state index contributed by atoms with van der Waals surface area (Å²) in [5.41, 5.74) is 0. The second-order valence-corrected chi connectivity index (χ2v) is 5.78. The minimum atomic E-state index is -3.34. The first kappa shape index (κ1) is 12.9. The molecule has 0 aromatic rings. The van der Waals surface area contributed by atoms with E-state index in [4.69, 9.17) is 9.88 Å². The Morgan fingerprint density at radius 2 is 2.20 bits per heavy atom. The normalized spacial score (nSPS) is 27.9. The molecule has 0 saturated heterocycles. The summed E-state index contributed by atoms with van der Waals surface area (Å²) in [7, 11) is -1.62. The Bertz CT molecular complexity index is 279. The van der Waals surface area contributed by atoms with E-state index in [9.17, 15) is 8.42 Å². The van der Waals surface area contributed by atoms with E-state index in [0.717, 1.165) is 25.7 Å². The van der Waals surface area contributed by atoms with Gasteiger partial charge in [-0.1, -0.05) is 0 Å². The van der Waals surface area contributed by atoms with Gasteiger partial charge in [0.25, 0.3) is 0 Å². The first-order valence-electron chi connectivity index (χ1n) is 5.28. The monoisotopic (exact) mass is 236 g/mol. The van der Waals surface area contributed by atoms with Crippen LogP contribution in [0.3, 0.4) is 0 Å². The lowest BCUT2D eigenvalue weighted by molar-refractivity contribution is 0.0592. The van der Waals surface area contributed by atoms with Crippen molar-refractivity contribution in [3.63, 3.8) is 0 Å². The van der Waals surface area contributed by atoms with Crippen molar-refractivity contribution in [1.82, 2.24) is 5.32 Å². The number of primary sulfonamides is 1. The summed E-state index contributed by atoms with van der Waals surface area (Å²) in [6, 6.07) is 0.366. The molecule has 0 bridgehead atoms. The number of nitrogens with two attached hydrogens (primary N) is 1. The van der Waals surface area contributed by atoms with E-state index < -0.39 is 10.0 Å². The standard InChI is InChI=1S/C9H20N2O3S/c1-14-9-4-2-3-8(7-9)11-5-6-15(10,12)13/h8-9,11H,2-7H2,1H3,(H2,10,12,13). The van der Waals surface area contributed by atoms with Crippen LogP contribution in [0.5, 0.6) is 0 Å². The summed E-state index contributed by atoms with van der Waals surface area (Å²) in [6.07, 6.45) is 4.59. The molecule has 2 unspecified atom stereocenters. The highest BCUT2D eigenvalue weighted by molar-refractivity contribution is 7.89. The molecule has 0 heterocycles. The first-order chi connectivity index (χ1) is 7.01. The molecular weight excluding hydrogens is 216 g/mol. The molecule has 1 saturated carbocycles. The van der Waals surface area contributed by atoms with Crippen molar-refractivity contribution in [3.05, 3.63) is 0 Å². The fourth-order valence-corrected chi connectivity index (χ4v) is 2.35. The van der Waals surface area contributed by atoms with Crippen LogP contribution in [0, 0.1) is 0 Å². The maximum atomic E-state index is 10.7. The number of nitrogens with one attached hydrogen (secondary N) is 1. The Morgan fingerprint density at radius 3 is 2.80 bits per heavy atom. The van der Waals surface area contributed by atoms with E-state index in [2.05, 4.69) is 5.32 Å².